The van der Waals surface area contributed by atoms with Gasteiger partial charge < -0.3 is 9.47 Å². The van der Waals surface area contributed by atoms with E-state index in [9.17, 15) is 0 Å². The average Bonchev–Trinajstić information content (AvgIpc) is 3.18. The number of unbranched alkanes of at least 4 members (excludes halogenated alkanes) is 2. The summed E-state index contributed by atoms with van der Waals surface area (Å²) in [7, 11) is 2.96. The molecule has 136 valence electrons. The van der Waals surface area contributed by atoms with E-state index in [4.69, 9.17) is 9.47 Å². The minimum atomic E-state index is 0.153. The van der Waals surface area contributed by atoms with Crippen molar-refractivity contribution in [2.45, 2.75) is 32.6 Å². The summed E-state index contributed by atoms with van der Waals surface area (Å²) in [5, 5.41) is 8.31. The lowest BCUT2D eigenvalue weighted by atomic mass is 10.0. The maximum atomic E-state index is 5.06. The number of hydrogen-bond donors (Lipinski definition) is 0. The van der Waals surface area contributed by atoms with Crippen molar-refractivity contribution in [1.82, 2.24) is 29.9 Å². The van der Waals surface area contributed by atoms with Gasteiger partial charge in [-0.05, 0) is 18.4 Å². The number of aryl methyl sites for hydroxylation is 1. The predicted molar refractivity (Wildman–Crippen MR) is 96.5 cm³/mol. The predicted octanol–water partition coefficient (Wildman–Crippen LogP) is 2.87. The van der Waals surface area contributed by atoms with Crippen LogP contribution in [0.5, 0.6) is 12.0 Å². The highest BCUT2D eigenvalue weighted by molar-refractivity contribution is 5.58. The summed E-state index contributed by atoms with van der Waals surface area (Å²) in [5.74, 6) is 0.281. The van der Waals surface area contributed by atoms with Crippen LogP contribution in [0.25, 0.3) is 17.2 Å². The first-order valence-electron chi connectivity index (χ1n) is 8.59. The second-order valence-corrected chi connectivity index (χ2v) is 5.81. The Morgan fingerprint density at radius 3 is 2.23 bits per heavy atom. The van der Waals surface area contributed by atoms with Crippen LogP contribution >= 0.6 is 0 Å². The molecule has 0 amide bonds. The van der Waals surface area contributed by atoms with Crippen LogP contribution in [0.1, 0.15) is 31.7 Å². The number of rotatable bonds is 8. The quantitative estimate of drug-likeness (QED) is 0.575. The van der Waals surface area contributed by atoms with Crippen molar-refractivity contribution in [3.63, 3.8) is 0 Å². The molecular weight excluding hydrogens is 332 g/mol. The van der Waals surface area contributed by atoms with Crippen molar-refractivity contribution < 1.29 is 9.47 Å². The summed E-state index contributed by atoms with van der Waals surface area (Å²) < 4.78 is 11.6. The second kappa shape index (κ2) is 8.37. The van der Waals surface area contributed by atoms with Gasteiger partial charge in [0.2, 0.25) is 0 Å². The number of hydrogen-bond acceptors (Lipinski definition) is 7. The zero-order valence-corrected chi connectivity index (χ0v) is 15.2. The van der Waals surface area contributed by atoms with Crippen LogP contribution in [0, 0.1) is 0 Å². The van der Waals surface area contributed by atoms with Gasteiger partial charge in [-0.2, -0.15) is 14.6 Å². The maximum absolute atomic E-state index is 5.06. The zero-order valence-electron chi connectivity index (χ0n) is 15.2. The van der Waals surface area contributed by atoms with Crippen molar-refractivity contribution in [3.8, 4) is 29.2 Å². The van der Waals surface area contributed by atoms with E-state index in [0.29, 0.717) is 0 Å². The molecule has 0 saturated heterocycles. The van der Waals surface area contributed by atoms with Crippen LogP contribution in [-0.4, -0.2) is 44.2 Å². The molecule has 2 aromatic heterocycles. The lowest BCUT2D eigenvalue weighted by molar-refractivity contribution is 0.338. The van der Waals surface area contributed by atoms with E-state index in [-0.39, 0.29) is 18.0 Å². The van der Waals surface area contributed by atoms with Gasteiger partial charge >= 0.3 is 12.0 Å². The molecule has 26 heavy (non-hydrogen) atoms. The normalized spacial score (nSPS) is 10.7. The highest BCUT2D eigenvalue weighted by Gasteiger charge is 2.12. The van der Waals surface area contributed by atoms with Gasteiger partial charge in [-0.1, -0.05) is 49.2 Å². The minimum Gasteiger partial charge on any atom is -0.467 e. The van der Waals surface area contributed by atoms with Gasteiger partial charge in [-0.3, -0.25) is 0 Å². The van der Waals surface area contributed by atoms with E-state index >= 15 is 0 Å². The number of aromatic nitrogens is 6. The van der Waals surface area contributed by atoms with Gasteiger partial charge in [-0.25, -0.2) is 0 Å². The third kappa shape index (κ3) is 4.14. The number of ether oxygens (including phenoxy) is 2. The second-order valence-electron chi connectivity index (χ2n) is 5.81. The van der Waals surface area contributed by atoms with E-state index in [0.717, 1.165) is 17.7 Å². The first-order chi connectivity index (χ1) is 12.7. The molecule has 0 fully saturated rings. The summed E-state index contributed by atoms with van der Waals surface area (Å²) in [4.78, 5) is 12.3. The molecule has 1 aromatic carbocycles. The summed E-state index contributed by atoms with van der Waals surface area (Å²) >= 11 is 0. The Hall–Kier alpha value is -3.03. The van der Waals surface area contributed by atoms with Crippen molar-refractivity contribution in [1.29, 1.82) is 0 Å². The molecule has 0 aliphatic heterocycles. The van der Waals surface area contributed by atoms with E-state index in [1.54, 1.807) is 6.20 Å². The zero-order chi connectivity index (χ0) is 18.4. The van der Waals surface area contributed by atoms with E-state index in [1.807, 2.05) is 0 Å². The monoisotopic (exact) mass is 354 g/mol. The highest BCUT2D eigenvalue weighted by atomic mass is 16.5. The average molecular weight is 354 g/mol. The SMILES string of the molecule is CCCCCc1ccc(-c2cn(-c3nc(OC)nc(OC)n3)nn2)cc1. The van der Waals surface area contributed by atoms with Gasteiger partial charge in [-0.15, -0.1) is 10.1 Å². The minimum absolute atomic E-state index is 0.153. The molecule has 0 aliphatic carbocycles. The van der Waals surface area contributed by atoms with Gasteiger partial charge in [0, 0.05) is 5.56 Å². The van der Waals surface area contributed by atoms with Crippen LogP contribution in [0.3, 0.4) is 0 Å². The summed E-state index contributed by atoms with van der Waals surface area (Å²) in [5.41, 5.74) is 3.06. The standard InChI is InChI=1S/C18H22N6O2/c1-4-5-6-7-13-8-10-14(11-9-13)15-12-24(23-22-15)16-19-17(25-2)21-18(20-16)26-3/h8-12H,4-7H2,1-3H3. The third-order valence-electron chi connectivity index (χ3n) is 3.96. The fourth-order valence-corrected chi connectivity index (χ4v) is 2.53. The lowest BCUT2D eigenvalue weighted by Gasteiger charge is -2.04. The molecule has 0 spiro atoms. The summed E-state index contributed by atoms with van der Waals surface area (Å²) in [6, 6.07) is 8.70. The fourth-order valence-electron chi connectivity index (χ4n) is 2.53. The number of nitrogens with zero attached hydrogens (tertiary/aromatic N) is 6. The van der Waals surface area contributed by atoms with E-state index in [2.05, 4.69) is 56.5 Å². The molecule has 0 aliphatic rings. The Bertz CT molecular complexity index is 825. The van der Waals surface area contributed by atoms with Gasteiger partial charge in [0.15, 0.2) is 0 Å². The molecule has 0 saturated carbocycles. The summed E-state index contributed by atoms with van der Waals surface area (Å²) in [6.07, 6.45) is 6.57. The number of benzene rings is 1. The van der Waals surface area contributed by atoms with Gasteiger partial charge in [0.25, 0.3) is 5.95 Å². The lowest BCUT2D eigenvalue weighted by Crippen LogP contribution is -2.07. The topological polar surface area (TPSA) is 87.8 Å². The van der Waals surface area contributed by atoms with Gasteiger partial charge in [0.05, 0.1) is 20.4 Å². The van der Waals surface area contributed by atoms with Crippen LogP contribution in [-0.2, 0) is 6.42 Å². The van der Waals surface area contributed by atoms with E-state index in [1.165, 1.54) is 43.7 Å². The van der Waals surface area contributed by atoms with E-state index < -0.39 is 0 Å². The van der Waals surface area contributed by atoms with Crippen LogP contribution in [0.2, 0.25) is 0 Å². The van der Waals surface area contributed by atoms with Crippen LogP contribution in [0.4, 0.5) is 0 Å². The van der Waals surface area contributed by atoms with Crippen molar-refractivity contribution >= 4 is 0 Å². The first-order valence-corrected chi connectivity index (χ1v) is 8.59. The molecule has 0 unspecified atom stereocenters. The summed E-state index contributed by atoms with van der Waals surface area (Å²) in [6.45, 7) is 2.21. The van der Waals surface area contributed by atoms with Crippen LogP contribution in [0.15, 0.2) is 30.5 Å². The Kier molecular flexibility index (Phi) is 5.73. The Morgan fingerprint density at radius 2 is 1.62 bits per heavy atom. The van der Waals surface area contributed by atoms with Crippen molar-refractivity contribution in [3.05, 3.63) is 36.0 Å². The molecule has 0 bridgehead atoms. The molecular formula is C18H22N6O2. The number of methoxy groups -OCH3 is 2. The molecule has 0 radical (unpaired) electrons. The third-order valence-corrected chi connectivity index (χ3v) is 3.96. The first kappa shape index (κ1) is 17.8. The molecule has 2 heterocycles. The van der Waals surface area contributed by atoms with Crippen molar-refractivity contribution in [2.75, 3.05) is 14.2 Å². The largest absolute Gasteiger partial charge is 0.467 e. The molecule has 0 atom stereocenters. The Labute approximate surface area is 152 Å². The molecule has 3 rings (SSSR count). The molecule has 0 N–H and O–H groups in total. The fraction of sp³-hybridized carbons (Fsp3) is 0.389. The smallest absolute Gasteiger partial charge is 0.324 e. The van der Waals surface area contributed by atoms with Crippen molar-refractivity contribution in [2.24, 2.45) is 0 Å². The highest BCUT2D eigenvalue weighted by Crippen LogP contribution is 2.19. The van der Waals surface area contributed by atoms with Crippen LogP contribution < -0.4 is 9.47 Å². The molecule has 3 aromatic rings. The maximum Gasteiger partial charge on any atom is 0.324 e. The van der Waals surface area contributed by atoms with Gasteiger partial charge in [0.1, 0.15) is 5.69 Å². The molecule has 8 nitrogen and oxygen atoms in total. The Morgan fingerprint density at radius 1 is 0.923 bits per heavy atom. The Balaban J connectivity index is 1.79. The molecule has 8 heteroatoms.